The van der Waals surface area contributed by atoms with Crippen LogP contribution in [0.1, 0.15) is 16.1 Å². The second-order valence-electron chi connectivity index (χ2n) is 4.28. The Kier molecular flexibility index (Phi) is 4.20. The van der Waals surface area contributed by atoms with Gasteiger partial charge in [-0.1, -0.05) is 12.1 Å². The lowest BCUT2D eigenvalue weighted by molar-refractivity contribution is -0.137. The molecule has 0 atom stereocenters. The van der Waals surface area contributed by atoms with E-state index in [1.54, 1.807) is 0 Å². The van der Waals surface area contributed by atoms with Crippen LogP contribution in [-0.2, 0) is 15.7 Å². The Morgan fingerprint density at radius 3 is 2.55 bits per heavy atom. The van der Waals surface area contributed by atoms with Crippen molar-refractivity contribution in [1.29, 1.82) is 0 Å². The number of hydrogen-bond acceptors (Lipinski definition) is 4. The highest BCUT2D eigenvalue weighted by atomic mass is 19.4. The van der Waals surface area contributed by atoms with Gasteiger partial charge < -0.3 is 14.9 Å². The molecular weight excluding hydrogens is 303 g/mol. The summed E-state index contributed by atoms with van der Waals surface area (Å²) in [6.07, 6.45) is -4.48. The van der Waals surface area contributed by atoms with E-state index in [9.17, 15) is 22.8 Å². The van der Waals surface area contributed by atoms with E-state index in [-0.39, 0.29) is 17.1 Å². The highest BCUT2D eigenvalue weighted by Crippen LogP contribution is 2.32. The molecular formula is C14H10F3NO4. The van der Waals surface area contributed by atoms with Crippen molar-refractivity contribution in [2.75, 3.05) is 6.61 Å². The van der Waals surface area contributed by atoms with Crippen LogP contribution in [0.3, 0.4) is 0 Å². The number of carbonyl (C=O) groups excluding carboxylic acids is 2. The average Bonchev–Trinajstić information content (AvgIpc) is 2.94. The van der Waals surface area contributed by atoms with Crippen LogP contribution in [0.5, 0.6) is 0 Å². The number of halogens is 3. The van der Waals surface area contributed by atoms with Crippen molar-refractivity contribution >= 4 is 11.9 Å². The molecule has 2 rings (SSSR count). The number of alkyl halides is 3. The fourth-order valence-electron chi connectivity index (χ4n) is 1.66. The number of primary amides is 1. The summed E-state index contributed by atoms with van der Waals surface area (Å²) >= 11 is 0. The summed E-state index contributed by atoms with van der Waals surface area (Å²) < 4.78 is 47.6. The largest absolute Gasteiger partial charge is 0.450 e. The molecule has 1 aromatic carbocycles. The summed E-state index contributed by atoms with van der Waals surface area (Å²) in [6.45, 7) is -0.613. The van der Waals surface area contributed by atoms with E-state index in [2.05, 4.69) is 4.74 Å². The number of nitrogens with two attached hydrogens (primary N) is 1. The smallest absolute Gasteiger partial charge is 0.416 e. The van der Waals surface area contributed by atoms with Crippen LogP contribution in [0.25, 0.3) is 11.3 Å². The molecule has 22 heavy (non-hydrogen) atoms. The van der Waals surface area contributed by atoms with Gasteiger partial charge in [-0.15, -0.1) is 0 Å². The summed E-state index contributed by atoms with van der Waals surface area (Å²) in [7, 11) is 0. The van der Waals surface area contributed by atoms with Crippen molar-refractivity contribution in [1.82, 2.24) is 0 Å². The SMILES string of the molecule is NC(=O)COC(=O)c1ccc(-c2cccc(C(F)(F)F)c2)o1. The van der Waals surface area contributed by atoms with Crippen molar-refractivity contribution in [3.05, 3.63) is 47.7 Å². The molecule has 0 fully saturated rings. The van der Waals surface area contributed by atoms with E-state index in [0.717, 1.165) is 12.1 Å². The zero-order chi connectivity index (χ0) is 16.3. The quantitative estimate of drug-likeness (QED) is 0.880. The van der Waals surface area contributed by atoms with E-state index in [0.29, 0.717) is 0 Å². The minimum atomic E-state index is -4.48. The predicted octanol–water partition coefficient (Wildman–Crippen LogP) is 2.61. The minimum absolute atomic E-state index is 0.0668. The predicted molar refractivity (Wildman–Crippen MR) is 68.6 cm³/mol. The first-order chi connectivity index (χ1) is 10.3. The maximum Gasteiger partial charge on any atom is 0.416 e. The van der Waals surface area contributed by atoms with Gasteiger partial charge in [0.2, 0.25) is 5.76 Å². The average molecular weight is 313 g/mol. The topological polar surface area (TPSA) is 82.5 Å². The Bertz CT molecular complexity index is 706. The molecule has 0 bridgehead atoms. The van der Waals surface area contributed by atoms with Crippen LogP contribution >= 0.6 is 0 Å². The Morgan fingerprint density at radius 1 is 1.18 bits per heavy atom. The molecule has 0 unspecified atom stereocenters. The summed E-state index contributed by atoms with van der Waals surface area (Å²) in [5, 5.41) is 0. The molecule has 0 radical (unpaired) electrons. The molecule has 0 spiro atoms. The summed E-state index contributed by atoms with van der Waals surface area (Å²) in [5.41, 5.74) is 4.14. The van der Waals surface area contributed by atoms with E-state index in [1.165, 1.54) is 24.3 Å². The molecule has 5 nitrogen and oxygen atoms in total. The Labute approximate surface area is 122 Å². The maximum atomic E-state index is 12.6. The summed E-state index contributed by atoms with van der Waals surface area (Å²) in [6, 6.07) is 7.03. The maximum absolute atomic E-state index is 12.6. The molecule has 0 saturated carbocycles. The van der Waals surface area contributed by atoms with Crippen molar-refractivity contribution in [3.8, 4) is 11.3 Å². The van der Waals surface area contributed by atoms with Gasteiger partial charge in [-0.25, -0.2) is 4.79 Å². The van der Waals surface area contributed by atoms with Gasteiger partial charge in [0.1, 0.15) is 5.76 Å². The van der Waals surface area contributed by atoms with Gasteiger partial charge in [-0.2, -0.15) is 13.2 Å². The standard InChI is InChI=1S/C14H10F3NO4/c15-14(16,17)9-3-1-2-8(6-9)10-4-5-11(22-10)13(20)21-7-12(18)19/h1-6H,7H2,(H2,18,19). The number of hydrogen-bond donors (Lipinski definition) is 1. The van der Waals surface area contributed by atoms with Crippen LogP contribution in [0.15, 0.2) is 40.8 Å². The van der Waals surface area contributed by atoms with Crippen LogP contribution < -0.4 is 5.73 Å². The first kappa shape index (κ1) is 15.6. The lowest BCUT2D eigenvalue weighted by atomic mass is 10.1. The van der Waals surface area contributed by atoms with Crippen molar-refractivity contribution in [3.63, 3.8) is 0 Å². The second kappa shape index (κ2) is 5.92. The number of furan rings is 1. The van der Waals surface area contributed by atoms with E-state index in [1.807, 2.05) is 0 Å². The van der Waals surface area contributed by atoms with Gasteiger partial charge in [0.15, 0.2) is 6.61 Å². The van der Waals surface area contributed by atoms with Crippen LogP contribution in [0.4, 0.5) is 13.2 Å². The van der Waals surface area contributed by atoms with Gasteiger partial charge in [-0.05, 0) is 24.3 Å². The van der Waals surface area contributed by atoms with Crippen molar-refractivity contribution < 1.29 is 31.9 Å². The molecule has 0 aliphatic heterocycles. The van der Waals surface area contributed by atoms with Crippen LogP contribution in [-0.4, -0.2) is 18.5 Å². The van der Waals surface area contributed by atoms with Gasteiger partial charge in [-0.3, -0.25) is 4.79 Å². The third-order valence-electron chi connectivity index (χ3n) is 2.63. The first-order valence-corrected chi connectivity index (χ1v) is 6.00. The second-order valence-corrected chi connectivity index (χ2v) is 4.28. The number of ether oxygens (including phenoxy) is 1. The lowest BCUT2D eigenvalue weighted by Gasteiger charge is -2.07. The highest BCUT2D eigenvalue weighted by Gasteiger charge is 2.30. The van der Waals surface area contributed by atoms with Crippen molar-refractivity contribution in [2.45, 2.75) is 6.18 Å². The first-order valence-electron chi connectivity index (χ1n) is 6.00. The molecule has 1 amide bonds. The number of rotatable bonds is 4. The normalized spacial score (nSPS) is 11.2. The molecule has 2 aromatic rings. The zero-order valence-corrected chi connectivity index (χ0v) is 11.0. The van der Waals surface area contributed by atoms with Gasteiger partial charge in [0, 0.05) is 5.56 Å². The Morgan fingerprint density at radius 2 is 1.91 bits per heavy atom. The number of benzene rings is 1. The molecule has 0 saturated heterocycles. The third-order valence-corrected chi connectivity index (χ3v) is 2.63. The third kappa shape index (κ3) is 3.66. The van der Waals surface area contributed by atoms with Gasteiger partial charge in [0.05, 0.1) is 5.56 Å². The summed E-state index contributed by atoms with van der Waals surface area (Å²) in [5.74, 6) is -1.94. The number of carbonyl (C=O) groups is 2. The van der Waals surface area contributed by atoms with Crippen LogP contribution in [0, 0.1) is 0 Å². The van der Waals surface area contributed by atoms with Gasteiger partial charge in [0.25, 0.3) is 5.91 Å². The lowest BCUT2D eigenvalue weighted by Crippen LogP contribution is -2.20. The summed E-state index contributed by atoms with van der Waals surface area (Å²) in [4.78, 5) is 22.0. The fourth-order valence-corrected chi connectivity index (χ4v) is 1.66. The zero-order valence-electron chi connectivity index (χ0n) is 11.0. The number of esters is 1. The number of amides is 1. The Balaban J connectivity index is 2.21. The molecule has 1 aromatic heterocycles. The van der Waals surface area contributed by atoms with E-state index < -0.39 is 30.2 Å². The molecule has 116 valence electrons. The molecule has 2 N–H and O–H groups in total. The van der Waals surface area contributed by atoms with E-state index >= 15 is 0 Å². The highest BCUT2D eigenvalue weighted by molar-refractivity contribution is 5.89. The molecule has 0 aliphatic carbocycles. The monoisotopic (exact) mass is 313 g/mol. The molecule has 1 heterocycles. The molecule has 0 aliphatic rings. The Hall–Kier alpha value is -2.77. The van der Waals surface area contributed by atoms with Crippen LogP contribution in [0.2, 0.25) is 0 Å². The van der Waals surface area contributed by atoms with Gasteiger partial charge >= 0.3 is 12.1 Å². The van der Waals surface area contributed by atoms with E-state index in [4.69, 9.17) is 10.2 Å². The fraction of sp³-hybridized carbons (Fsp3) is 0.143. The van der Waals surface area contributed by atoms with Crippen molar-refractivity contribution in [2.24, 2.45) is 5.73 Å². The molecule has 8 heteroatoms. The minimum Gasteiger partial charge on any atom is -0.450 e.